The number of ether oxygens (including phenoxy) is 3. The maximum atomic E-state index is 13.4. The van der Waals surface area contributed by atoms with Crippen molar-refractivity contribution in [3.8, 4) is 0 Å². The molecule has 460 valence electrons. The summed E-state index contributed by atoms with van der Waals surface area (Å²) in [6.07, 6.45) is 59.7. The molecular weight excluding hydrogens is 991 g/mol. The predicted octanol–water partition coefficient (Wildman–Crippen LogP) is 16.2. The van der Waals surface area contributed by atoms with Gasteiger partial charge < -0.3 is 45.1 Å². The van der Waals surface area contributed by atoms with Crippen LogP contribution in [0.4, 0.5) is 0 Å². The lowest BCUT2D eigenvalue weighted by Gasteiger charge is -2.41. The van der Waals surface area contributed by atoms with Crippen LogP contribution in [-0.2, 0) is 23.8 Å². The quantitative estimate of drug-likeness (QED) is 0.0195. The average molecular weight is 1110 g/mol. The summed E-state index contributed by atoms with van der Waals surface area (Å²) in [6, 6.07) is -1.02. The van der Waals surface area contributed by atoms with Crippen LogP contribution in [0.2, 0.25) is 0 Å². The summed E-state index contributed by atoms with van der Waals surface area (Å²) in [7, 11) is 0. The van der Waals surface area contributed by atoms with Gasteiger partial charge >= 0.3 is 5.97 Å². The third kappa shape index (κ3) is 43.7. The van der Waals surface area contributed by atoms with Crippen LogP contribution in [0.1, 0.15) is 297 Å². The van der Waals surface area contributed by atoms with E-state index in [0.29, 0.717) is 19.3 Å². The molecule has 0 aromatic carbocycles. The molecule has 1 saturated heterocycles. The first-order chi connectivity index (χ1) is 38.7. The number of hydrogen-bond donors (Lipinski definition) is 6. The first-order valence-corrected chi connectivity index (χ1v) is 33.1. The molecule has 6 N–H and O–H groups in total. The van der Waals surface area contributed by atoms with E-state index in [1.165, 1.54) is 148 Å². The van der Waals surface area contributed by atoms with Crippen LogP contribution in [0.15, 0.2) is 60.8 Å². The van der Waals surface area contributed by atoms with Gasteiger partial charge in [-0.15, -0.1) is 0 Å². The lowest BCUT2D eigenvalue weighted by Crippen LogP contribution is -2.61. The number of allylic oxidation sites excluding steroid dienone is 9. The highest BCUT2D eigenvalue weighted by atomic mass is 16.7. The summed E-state index contributed by atoms with van der Waals surface area (Å²) < 4.78 is 17.6. The lowest BCUT2D eigenvalue weighted by atomic mass is 9.99. The minimum absolute atomic E-state index is 0.111. The summed E-state index contributed by atoms with van der Waals surface area (Å²) in [5, 5.41) is 57.0. The van der Waals surface area contributed by atoms with Gasteiger partial charge in [-0.1, -0.05) is 281 Å². The Hall–Kier alpha value is -2.64. The molecule has 79 heavy (non-hydrogen) atoms. The number of amides is 1. The average Bonchev–Trinajstić information content (AvgIpc) is 3.47. The van der Waals surface area contributed by atoms with Crippen molar-refractivity contribution in [2.75, 3.05) is 13.2 Å². The van der Waals surface area contributed by atoms with Gasteiger partial charge in [0.2, 0.25) is 5.91 Å². The van der Waals surface area contributed by atoms with Crippen LogP contribution >= 0.6 is 0 Å². The Morgan fingerprint density at radius 2 is 0.873 bits per heavy atom. The fraction of sp³-hybridized carbons (Fsp3) is 0.824. The fourth-order valence-electron chi connectivity index (χ4n) is 10.2. The van der Waals surface area contributed by atoms with E-state index < -0.39 is 67.4 Å². The minimum atomic E-state index is -1.62. The summed E-state index contributed by atoms with van der Waals surface area (Å²) in [6.45, 7) is 5.77. The third-order valence-electron chi connectivity index (χ3n) is 15.4. The molecule has 8 unspecified atom stereocenters. The molecule has 0 spiro atoms. The molecule has 1 amide bonds. The van der Waals surface area contributed by atoms with Crippen LogP contribution in [-0.4, -0.2) is 99.6 Å². The molecule has 1 fully saturated rings. The van der Waals surface area contributed by atoms with Crippen LogP contribution in [0, 0.1) is 0 Å². The number of unbranched alkanes of at least 4 members (excludes halogenated alkanes) is 34. The van der Waals surface area contributed by atoms with Gasteiger partial charge in [-0.2, -0.15) is 0 Å². The van der Waals surface area contributed by atoms with Crippen molar-refractivity contribution >= 4 is 11.9 Å². The monoisotopic (exact) mass is 1110 g/mol. The second kappa shape index (κ2) is 55.9. The summed E-state index contributed by atoms with van der Waals surface area (Å²) in [5.41, 5.74) is 0. The molecule has 1 rings (SSSR count). The molecule has 11 nitrogen and oxygen atoms in total. The Labute approximate surface area is 484 Å². The van der Waals surface area contributed by atoms with Crippen molar-refractivity contribution in [1.82, 2.24) is 5.32 Å². The number of nitrogens with one attached hydrogen (secondary N) is 1. The number of carbonyl (C=O) groups is 2. The van der Waals surface area contributed by atoms with Crippen molar-refractivity contribution in [3.63, 3.8) is 0 Å². The highest BCUT2D eigenvalue weighted by Gasteiger charge is 2.47. The van der Waals surface area contributed by atoms with E-state index in [4.69, 9.17) is 14.2 Å². The smallest absolute Gasteiger partial charge is 0.306 e. The Balaban J connectivity index is 2.61. The molecule has 0 saturated carbocycles. The number of aliphatic hydroxyl groups is 5. The van der Waals surface area contributed by atoms with E-state index in [2.05, 4.69) is 74.7 Å². The molecule has 1 heterocycles. The molecule has 1 aliphatic rings. The van der Waals surface area contributed by atoms with Gasteiger partial charge in [0.1, 0.15) is 24.4 Å². The lowest BCUT2D eigenvalue weighted by molar-refractivity contribution is -0.305. The highest BCUT2D eigenvalue weighted by molar-refractivity contribution is 5.80. The largest absolute Gasteiger partial charge is 0.454 e. The number of hydrogen-bond acceptors (Lipinski definition) is 10. The second-order valence-electron chi connectivity index (χ2n) is 22.9. The number of carbonyl (C=O) groups excluding carboxylic acids is 2. The number of aliphatic hydroxyl groups excluding tert-OH is 5. The van der Waals surface area contributed by atoms with E-state index in [1.807, 2.05) is 6.08 Å². The molecule has 11 heteroatoms. The summed E-state index contributed by atoms with van der Waals surface area (Å²) >= 11 is 0. The van der Waals surface area contributed by atoms with Gasteiger partial charge in [-0.05, 0) is 70.6 Å². The molecule has 8 atom stereocenters. The van der Waals surface area contributed by atoms with Gasteiger partial charge in [0.05, 0.1) is 25.4 Å². The van der Waals surface area contributed by atoms with E-state index in [9.17, 15) is 35.1 Å². The SMILES string of the molecule is CCCCC/C=C\C/C=C\C/C=C\C/C=C\CCCCCCCCCC(=O)OC1C(OCC(NC(=O)C(O)CCCCCCCCCCCCCCCCCC)C(O)/C=C/CCCCCCCCCCC)OC(CO)C(O)C1O. The predicted molar refractivity (Wildman–Crippen MR) is 329 cm³/mol. The minimum Gasteiger partial charge on any atom is -0.454 e. The van der Waals surface area contributed by atoms with Gasteiger partial charge in [0, 0.05) is 6.42 Å². The van der Waals surface area contributed by atoms with Crippen LogP contribution in [0.3, 0.4) is 0 Å². The molecular formula is C68H123NO10. The van der Waals surface area contributed by atoms with Crippen molar-refractivity contribution in [2.45, 2.75) is 346 Å². The zero-order valence-corrected chi connectivity index (χ0v) is 51.0. The van der Waals surface area contributed by atoms with E-state index in [0.717, 1.165) is 103 Å². The molecule has 0 aromatic rings. The van der Waals surface area contributed by atoms with Crippen molar-refractivity contribution in [3.05, 3.63) is 60.8 Å². The first kappa shape index (κ1) is 74.4. The second-order valence-corrected chi connectivity index (χ2v) is 22.9. The van der Waals surface area contributed by atoms with Gasteiger partial charge in [-0.25, -0.2) is 0 Å². The van der Waals surface area contributed by atoms with Gasteiger partial charge in [-0.3, -0.25) is 9.59 Å². The Morgan fingerprint density at radius 3 is 1.33 bits per heavy atom. The Bertz CT molecular complexity index is 1510. The highest BCUT2D eigenvalue weighted by Crippen LogP contribution is 2.26. The molecule has 0 aliphatic carbocycles. The van der Waals surface area contributed by atoms with E-state index in [1.54, 1.807) is 6.08 Å². The van der Waals surface area contributed by atoms with Crippen LogP contribution in [0.5, 0.6) is 0 Å². The molecule has 0 aromatic heterocycles. The van der Waals surface area contributed by atoms with Gasteiger partial charge in [0.25, 0.3) is 0 Å². The normalized spacial score (nSPS) is 19.2. The first-order valence-electron chi connectivity index (χ1n) is 33.1. The Morgan fingerprint density at radius 1 is 0.494 bits per heavy atom. The van der Waals surface area contributed by atoms with E-state index in [-0.39, 0.29) is 13.0 Å². The van der Waals surface area contributed by atoms with Crippen molar-refractivity contribution in [2.24, 2.45) is 0 Å². The maximum absolute atomic E-state index is 13.4. The molecule has 0 bridgehead atoms. The third-order valence-corrected chi connectivity index (χ3v) is 15.4. The van der Waals surface area contributed by atoms with Crippen LogP contribution in [0.25, 0.3) is 0 Å². The Kier molecular flexibility index (Phi) is 52.6. The topological polar surface area (TPSA) is 175 Å². The van der Waals surface area contributed by atoms with Crippen LogP contribution < -0.4 is 5.32 Å². The summed E-state index contributed by atoms with van der Waals surface area (Å²) in [4.78, 5) is 26.6. The van der Waals surface area contributed by atoms with Crippen molar-refractivity contribution in [1.29, 1.82) is 0 Å². The molecule has 1 aliphatic heterocycles. The fourth-order valence-corrected chi connectivity index (χ4v) is 10.2. The standard InChI is InChI=1S/C68H123NO10/c1-4-7-10-13-16-19-22-24-26-28-29-30-31-32-33-34-36-38-41-44-47-50-53-56-63(73)79-66-65(75)64(74)62(57-70)78-68(66)77-58-59(60(71)54-51-48-45-42-39-21-18-15-12-9-6-3)69-67(76)61(72)55-52-49-46-43-40-37-35-27-25-23-20-17-14-11-8-5-2/h16,19,24,26,29-30,32-33,51,54,59-62,64-66,68,70-72,74-75H,4-15,17-18,20-23,25,27-28,31,34-50,52-53,55-58H2,1-3H3,(H,69,76)/b19-16-,26-24-,30-29-,33-32-,54-51+. The zero-order chi connectivity index (χ0) is 57.5. The zero-order valence-electron chi connectivity index (χ0n) is 51.0. The molecule has 0 radical (unpaired) electrons. The number of rotatable bonds is 56. The maximum Gasteiger partial charge on any atom is 0.306 e. The van der Waals surface area contributed by atoms with Gasteiger partial charge in [0.15, 0.2) is 12.4 Å². The van der Waals surface area contributed by atoms with E-state index >= 15 is 0 Å². The summed E-state index contributed by atoms with van der Waals surface area (Å²) in [5.74, 6) is -1.20. The van der Waals surface area contributed by atoms with Crippen molar-refractivity contribution < 1.29 is 49.3 Å². The number of esters is 1.